The number of carbonyl (C=O) groups excluding carboxylic acids is 1. The van der Waals surface area contributed by atoms with Gasteiger partial charge < -0.3 is 15.4 Å². The van der Waals surface area contributed by atoms with Crippen molar-refractivity contribution in [2.45, 2.75) is 19.9 Å². The summed E-state index contributed by atoms with van der Waals surface area (Å²) in [7, 11) is 0. The Morgan fingerprint density at radius 1 is 1.24 bits per heavy atom. The lowest BCUT2D eigenvalue weighted by molar-refractivity contribution is -0.118. The van der Waals surface area contributed by atoms with Gasteiger partial charge in [0, 0.05) is 17.3 Å². The summed E-state index contributed by atoms with van der Waals surface area (Å²) >= 11 is 0. The van der Waals surface area contributed by atoms with Gasteiger partial charge in [0.2, 0.25) is 5.91 Å². The number of rotatable bonds is 4. The lowest BCUT2D eigenvalue weighted by Gasteiger charge is -2.27. The molecule has 4 nitrogen and oxygen atoms in total. The molecule has 92 valence electrons. The quantitative estimate of drug-likeness (QED) is 0.838. The van der Waals surface area contributed by atoms with E-state index in [4.69, 9.17) is 4.74 Å². The zero-order valence-corrected chi connectivity index (χ0v) is 10.2. The van der Waals surface area contributed by atoms with Gasteiger partial charge in [0.15, 0.2) is 0 Å². The molecule has 1 amide bonds. The Bertz CT molecular complexity index is 383. The fourth-order valence-electron chi connectivity index (χ4n) is 1.49. The molecule has 2 rings (SSSR count). The molecule has 0 atom stereocenters. The summed E-state index contributed by atoms with van der Waals surface area (Å²) in [5, 5.41) is 6.20. The van der Waals surface area contributed by atoms with Crippen LogP contribution in [0.4, 0.5) is 11.4 Å². The Labute approximate surface area is 101 Å². The molecule has 0 bridgehead atoms. The normalized spacial score (nSPS) is 15.5. The van der Waals surface area contributed by atoms with Crippen molar-refractivity contribution in [2.75, 3.05) is 23.8 Å². The van der Waals surface area contributed by atoms with Gasteiger partial charge in [0.05, 0.1) is 19.3 Å². The maximum absolute atomic E-state index is 11.5. The van der Waals surface area contributed by atoms with Gasteiger partial charge in [-0.2, -0.15) is 0 Å². The summed E-state index contributed by atoms with van der Waals surface area (Å²) < 4.78 is 5.09. The minimum absolute atomic E-state index is 0.0000679. The molecule has 1 aromatic rings. The van der Waals surface area contributed by atoms with Crippen molar-refractivity contribution in [1.82, 2.24) is 0 Å². The van der Waals surface area contributed by atoms with Gasteiger partial charge >= 0.3 is 0 Å². The monoisotopic (exact) mass is 234 g/mol. The van der Waals surface area contributed by atoms with Crippen LogP contribution in [0.3, 0.4) is 0 Å². The maximum Gasteiger partial charge on any atom is 0.226 e. The highest BCUT2D eigenvalue weighted by Gasteiger charge is 2.17. The van der Waals surface area contributed by atoms with Crippen LogP contribution in [0.5, 0.6) is 0 Å². The molecule has 4 heteroatoms. The van der Waals surface area contributed by atoms with E-state index in [0.29, 0.717) is 6.04 Å². The van der Waals surface area contributed by atoms with E-state index >= 15 is 0 Å². The second kappa shape index (κ2) is 5.19. The number of amides is 1. The third-order valence-corrected chi connectivity index (χ3v) is 2.69. The topological polar surface area (TPSA) is 50.4 Å². The molecule has 17 heavy (non-hydrogen) atoms. The Morgan fingerprint density at radius 3 is 2.29 bits per heavy atom. The Balaban J connectivity index is 1.90. The van der Waals surface area contributed by atoms with Gasteiger partial charge in [0.1, 0.15) is 0 Å². The summed E-state index contributed by atoms with van der Waals surface area (Å²) in [6, 6.07) is 8.17. The zero-order valence-electron chi connectivity index (χ0n) is 10.2. The van der Waals surface area contributed by atoms with Gasteiger partial charge in [-0.3, -0.25) is 4.79 Å². The third kappa shape index (κ3) is 3.20. The first-order chi connectivity index (χ1) is 8.15. The SMILES string of the molecule is CC(C)C(=O)Nc1ccc(NC2COC2)cc1. The van der Waals surface area contributed by atoms with E-state index in [0.717, 1.165) is 24.6 Å². The molecule has 0 unspecified atom stereocenters. The van der Waals surface area contributed by atoms with Crippen molar-refractivity contribution < 1.29 is 9.53 Å². The molecule has 0 saturated carbocycles. The molecular formula is C13H18N2O2. The van der Waals surface area contributed by atoms with Crippen molar-refractivity contribution in [2.24, 2.45) is 5.92 Å². The second-order valence-corrected chi connectivity index (χ2v) is 4.60. The highest BCUT2D eigenvalue weighted by Crippen LogP contribution is 2.16. The van der Waals surface area contributed by atoms with Crippen LogP contribution in [0.25, 0.3) is 0 Å². The first kappa shape index (κ1) is 11.9. The van der Waals surface area contributed by atoms with Crippen LogP contribution in [0.1, 0.15) is 13.8 Å². The summed E-state index contributed by atoms with van der Waals surface area (Å²) in [5.41, 5.74) is 1.89. The molecule has 0 aliphatic carbocycles. The number of hydrogen-bond donors (Lipinski definition) is 2. The van der Waals surface area contributed by atoms with Crippen molar-refractivity contribution >= 4 is 17.3 Å². The minimum atomic E-state index is -0.0000679. The molecule has 1 heterocycles. The molecule has 2 N–H and O–H groups in total. The highest BCUT2D eigenvalue weighted by atomic mass is 16.5. The Kier molecular flexibility index (Phi) is 3.64. The molecule has 0 spiro atoms. The summed E-state index contributed by atoms with van der Waals surface area (Å²) in [6.07, 6.45) is 0. The molecule has 0 radical (unpaired) electrons. The smallest absolute Gasteiger partial charge is 0.226 e. The van der Waals surface area contributed by atoms with Gasteiger partial charge in [0.25, 0.3) is 0 Å². The summed E-state index contributed by atoms with van der Waals surface area (Å²) in [5.74, 6) is 0.0398. The van der Waals surface area contributed by atoms with Crippen LogP contribution in [-0.4, -0.2) is 25.2 Å². The number of carbonyl (C=O) groups is 1. The minimum Gasteiger partial charge on any atom is -0.378 e. The van der Waals surface area contributed by atoms with E-state index in [1.165, 1.54) is 0 Å². The number of nitrogens with one attached hydrogen (secondary N) is 2. The number of anilines is 2. The van der Waals surface area contributed by atoms with Crippen molar-refractivity contribution in [1.29, 1.82) is 0 Å². The van der Waals surface area contributed by atoms with Crippen LogP contribution in [-0.2, 0) is 9.53 Å². The fraction of sp³-hybridized carbons (Fsp3) is 0.462. The van der Waals surface area contributed by atoms with Gasteiger partial charge in [-0.1, -0.05) is 13.8 Å². The summed E-state index contributed by atoms with van der Waals surface area (Å²) in [4.78, 5) is 11.5. The lowest BCUT2D eigenvalue weighted by atomic mass is 10.2. The van der Waals surface area contributed by atoms with Crippen molar-refractivity contribution in [3.05, 3.63) is 24.3 Å². The number of ether oxygens (including phenoxy) is 1. The highest BCUT2D eigenvalue weighted by molar-refractivity contribution is 5.92. The number of benzene rings is 1. The van der Waals surface area contributed by atoms with Crippen LogP contribution >= 0.6 is 0 Å². The average Bonchev–Trinajstić information content (AvgIpc) is 2.25. The molecular weight excluding hydrogens is 216 g/mol. The largest absolute Gasteiger partial charge is 0.378 e. The van der Waals surface area contributed by atoms with Crippen molar-refractivity contribution in [3.63, 3.8) is 0 Å². The van der Waals surface area contributed by atoms with E-state index in [1.807, 2.05) is 38.1 Å². The first-order valence-electron chi connectivity index (χ1n) is 5.90. The van der Waals surface area contributed by atoms with Crippen LogP contribution in [0.2, 0.25) is 0 Å². The van der Waals surface area contributed by atoms with E-state index in [2.05, 4.69) is 10.6 Å². The molecule has 1 aliphatic heterocycles. The maximum atomic E-state index is 11.5. The lowest BCUT2D eigenvalue weighted by Crippen LogP contribution is -2.40. The third-order valence-electron chi connectivity index (χ3n) is 2.69. The Morgan fingerprint density at radius 2 is 1.82 bits per heavy atom. The van der Waals surface area contributed by atoms with E-state index < -0.39 is 0 Å². The standard InChI is InChI=1S/C13H18N2O2/c1-9(2)13(16)15-11-5-3-10(4-6-11)14-12-7-17-8-12/h3-6,9,12,14H,7-8H2,1-2H3,(H,15,16). The van der Waals surface area contributed by atoms with Crippen molar-refractivity contribution in [3.8, 4) is 0 Å². The van der Waals surface area contributed by atoms with Gasteiger partial charge in [-0.15, -0.1) is 0 Å². The van der Waals surface area contributed by atoms with E-state index in [-0.39, 0.29) is 11.8 Å². The van der Waals surface area contributed by atoms with E-state index in [9.17, 15) is 4.79 Å². The van der Waals surface area contributed by atoms with Crippen LogP contribution in [0, 0.1) is 5.92 Å². The predicted molar refractivity (Wildman–Crippen MR) is 68.1 cm³/mol. The molecule has 0 aromatic heterocycles. The molecule has 1 aromatic carbocycles. The van der Waals surface area contributed by atoms with Crippen LogP contribution in [0.15, 0.2) is 24.3 Å². The zero-order chi connectivity index (χ0) is 12.3. The molecule has 1 saturated heterocycles. The van der Waals surface area contributed by atoms with E-state index in [1.54, 1.807) is 0 Å². The summed E-state index contributed by atoms with van der Waals surface area (Å²) in [6.45, 7) is 5.29. The molecule has 1 fully saturated rings. The number of hydrogen-bond acceptors (Lipinski definition) is 3. The average molecular weight is 234 g/mol. The fourth-order valence-corrected chi connectivity index (χ4v) is 1.49. The second-order valence-electron chi connectivity index (χ2n) is 4.60. The predicted octanol–water partition coefficient (Wildman–Crippen LogP) is 2.09. The van der Waals surface area contributed by atoms with Gasteiger partial charge in [-0.25, -0.2) is 0 Å². The van der Waals surface area contributed by atoms with Crippen LogP contribution < -0.4 is 10.6 Å². The molecule has 1 aliphatic rings. The van der Waals surface area contributed by atoms with Gasteiger partial charge in [-0.05, 0) is 24.3 Å². The first-order valence-corrected chi connectivity index (χ1v) is 5.90. The Hall–Kier alpha value is -1.55.